The van der Waals surface area contributed by atoms with Crippen LogP contribution >= 0.6 is 0 Å². The summed E-state index contributed by atoms with van der Waals surface area (Å²) in [7, 11) is 0. The van der Waals surface area contributed by atoms with Gasteiger partial charge in [0, 0.05) is 6.04 Å². The maximum Gasteiger partial charge on any atom is 0.354 e. The lowest BCUT2D eigenvalue weighted by atomic mass is 9.88. The fraction of sp³-hybridized carbons (Fsp3) is 0.250. The first-order valence-electron chi connectivity index (χ1n) is 6.75. The molecule has 1 aliphatic carbocycles. The number of benzene rings is 1. The van der Waals surface area contributed by atoms with Crippen LogP contribution in [0.3, 0.4) is 0 Å². The second-order valence-corrected chi connectivity index (χ2v) is 5.09. The maximum absolute atomic E-state index is 10.8. The van der Waals surface area contributed by atoms with Crippen molar-refractivity contribution < 1.29 is 9.90 Å². The van der Waals surface area contributed by atoms with Gasteiger partial charge in [-0.05, 0) is 42.5 Å². The molecular formula is C16H16N2O2. The topological polar surface area (TPSA) is 62.2 Å². The Labute approximate surface area is 117 Å². The van der Waals surface area contributed by atoms with Crippen LogP contribution in [-0.4, -0.2) is 22.1 Å². The van der Waals surface area contributed by atoms with Gasteiger partial charge in [-0.25, -0.2) is 9.78 Å². The maximum atomic E-state index is 10.8. The third kappa shape index (κ3) is 2.64. The first-order chi connectivity index (χ1) is 9.72. The highest BCUT2D eigenvalue weighted by molar-refractivity contribution is 5.85. The number of aryl methyl sites for hydroxylation is 1. The summed E-state index contributed by atoms with van der Waals surface area (Å²) in [5.41, 5.74) is 3.78. The fourth-order valence-corrected chi connectivity index (χ4v) is 2.66. The van der Waals surface area contributed by atoms with Crippen LogP contribution in [0.1, 0.15) is 28.0 Å². The molecule has 0 saturated carbocycles. The average molecular weight is 268 g/mol. The molecule has 4 heteroatoms. The molecule has 0 saturated heterocycles. The Hall–Kier alpha value is -2.36. The summed E-state index contributed by atoms with van der Waals surface area (Å²) in [6.45, 7) is 0. The first kappa shape index (κ1) is 12.7. The molecule has 1 atom stereocenters. The van der Waals surface area contributed by atoms with Crippen molar-refractivity contribution in [2.24, 2.45) is 0 Å². The van der Waals surface area contributed by atoms with Gasteiger partial charge in [-0.1, -0.05) is 24.3 Å². The molecule has 1 aromatic heterocycles. The molecule has 0 aliphatic heterocycles. The molecule has 1 aliphatic rings. The molecule has 4 nitrogen and oxygen atoms in total. The molecule has 1 heterocycles. The van der Waals surface area contributed by atoms with Crippen molar-refractivity contribution in [2.75, 3.05) is 5.32 Å². The molecular weight excluding hydrogens is 252 g/mol. The average Bonchev–Trinajstić information content (AvgIpc) is 2.48. The number of aromatic nitrogens is 1. The van der Waals surface area contributed by atoms with Gasteiger partial charge in [0.15, 0.2) is 0 Å². The highest BCUT2D eigenvalue weighted by Crippen LogP contribution is 2.23. The Morgan fingerprint density at radius 1 is 1.20 bits per heavy atom. The summed E-state index contributed by atoms with van der Waals surface area (Å²) in [5, 5.41) is 12.3. The number of nitrogens with zero attached hydrogens (tertiary/aromatic N) is 1. The van der Waals surface area contributed by atoms with E-state index < -0.39 is 5.97 Å². The molecule has 0 amide bonds. The smallest absolute Gasteiger partial charge is 0.354 e. The lowest BCUT2D eigenvalue weighted by Gasteiger charge is -2.26. The Morgan fingerprint density at radius 2 is 2.00 bits per heavy atom. The van der Waals surface area contributed by atoms with Gasteiger partial charge in [-0.3, -0.25) is 0 Å². The summed E-state index contributed by atoms with van der Waals surface area (Å²) >= 11 is 0. The number of aromatic carboxylic acids is 1. The van der Waals surface area contributed by atoms with Crippen molar-refractivity contribution in [2.45, 2.75) is 25.3 Å². The van der Waals surface area contributed by atoms with Crippen LogP contribution in [0.15, 0.2) is 42.6 Å². The summed E-state index contributed by atoms with van der Waals surface area (Å²) in [6, 6.07) is 12.2. The molecule has 0 fully saturated rings. The van der Waals surface area contributed by atoms with Gasteiger partial charge in [0.25, 0.3) is 0 Å². The molecule has 2 N–H and O–H groups in total. The van der Waals surface area contributed by atoms with E-state index in [-0.39, 0.29) is 5.69 Å². The Kier molecular flexibility index (Phi) is 3.37. The zero-order valence-electron chi connectivity index (χ0n) is 11.0. The molecule has 0 radical (unpaired) electrons. The second kappa shape index (κ2) is 5.33. The van der Waals surface area contributed by atoms with E-state index in [0.29, 0.717) is 6.04 Å². The molecule has 1 unspecified atom stereocenters. The van der Waals surface area contributed by atoms with E-state index in [0.717, 1.165) is 24.9 Å². The zero-order chi connectivity index (χ0) is 13.9. The number of carboxylic acids is 1. The number of hydrogen-bond donors (Lipinski definition) is 2. The summed E-state index contributed by atoms with van der Waals surface area (Å²) in [4.78, 5) is 14.7. The zero-order valence-corrected chi connectivity index (χ0v) is 11.0. The van der Waals surface area contributed by atoms with Crippen LogP contribution in [0.25, 0.3) is 0 Å². The number of hydrogen-bond acceptors (Lipinski definition) is 3. The number of pyridine rings is 1. The first-order valence-corrected chi connectivity index (χ1v) is 6.75. The van der Waals surface area contributed by atoms with E-state index in [9.17, 15) is 4.79 Å². The molecule has 102 valence electrons. The molecule has 0 spiro atoms. The van der Waals surface area contributed by atoms with E-state index in [1.165, 1.54) is 17.2 Å². The van der Waals surface area contributed by atoms with Gasteiger partial charge in [0.05, 0.1) is 11.9 Å². The molecule has 20 heavy (non-hydrogen) atoms. The van der Waals surface area contributed by atoms with Gasteiger partial charge in [0.2, 0.25) is 0 Å². The van der Waals surface area contributed by atoms with Gasteiger partial charge in [-0.15, -0.1) is 0 Å². The Bertz CT molecular complexity index is 623. The van der Waals surface area contributed by atoms with Crippen LogP contribution in [0.5, 0.6) is 0 Å². The number of nitrogens with one attached hydrogen (secondary N) is 1. The summed E-state index contributed by atoms with van der Waals surface area (Å²) in [5.74, 6) is -0.997. The third-order valence-electron chi connectivity index (χ3n) is 3.70. The minimum atomic E-state index is -0.997. The second-order valence-electron chi connectivity index (χ2n) is 5.09. The number of anilines is 1. The summed E-state index contributed by atoms with van der Waals surface area (Å²) in [6.07, 6.45) is 4.74. The normalized spacial score (nSPS) is 17.3. The van der Waals surface area contributed by atoms with Crippen molar-refractivity contribution in [3.8, 4) is 0 Å². The molecule has 2 aromatic rings. The predicted octanol–water partition coefficient (Wildman–Crippen LogP) is 2.75. The van der Waals surface area contributed by atoms with Crippen LogP contribution in [0, 0.1) is 0 Å². The molecule has 1 aromatic carbocycles. The molecule has 3 rings (SSSR count). The van der Waals surface area contributed by atoms with E-state index in [2.05, 4.69) is 34.6 Å². The third-order valence-corrected chi connectivity index (χ3v) is 3.70. The fourth-order valence-electron chi connectivity index (χ4n) is 2.66. The highest BCUT2D eigenvalue weighted by atomic mass is 16.4. The van der Waals surface area contributed by atoms with Crippen molar-refractivity contribution in [1.29, 1.82) is 0 Å². The highest BCUT2D eigenvalue weighted by Gasteiger charge is 2.18. The van der Waals surface area contributed by atoms with Crippen LogP contribution in [0.2, 0.25) is 0 Å². The van der Waals surface area contributed by atoms with Crippen LogP contribution < -0.4 is 5.32 Å². The standard InChI is InChI=1S/C16H16N2O2/c19-16(20)15-8-7-14(10-17-15)18-13-6-5-11-3-1-2-4-12(11)9-13/h1-4,7-8,10,13,18H,5-6,9H2,(H,19,20). The SMILES string of the molecule is O=C(O)c1ccc(NC2CCc3ccccc3C2)cn1. The largest absolute Gasteiger partial charge is 0.477 e. The number of carbonyl (C=O) groups is 1. The van der Waals surface area contributed by atoms with Crippen LogP contribution in [-0.2, 0) is 12.8 Å². The number of carboxylic acid groups (broad SMARTS) is 1. The number of fused-ring (bicyclic) bond motifs is 1. The summed E-state index contributed by atoms with van der Waals surface area (Å²) < 4.78 is 0. The van der Waals surface area contributed by atoms with Gasteiger partial charge >= 0.3 is 5.97 Å². The van der Waals surface area contributed by atoms with Crippen molar-refractivity contribution >= 4 is 11.7 Å². The minimum Gasteiger partial charge on any atom is -0.477 e. The van der Waals surface area contributed by atoms with Crippen LogP contribution in [0.4, 0.5) is 5.69 Å². The molecule has 0 bridgehead atoms. The lowest BCUT2D eigenvalue weighted by molar-refractivity contribution is 0.0690. The quantitative estimate of drug-likeness (QED) is 0.898. The predicted molar refractivity (Wildman–Crippen MR) is 77.1 cm³/mol. The minimum absolute atomic E-state index is 0.0736. The lowest BCUT2D eigenvalue weighted by Crippen LogP contribution is -2.27. The van der Waals surface area contributed by atoms with Gasteiger partial charge in [-0.2, -0.15) is 0 Å². The van der Waals surface area contributed by atoms with Crippen molar-refractivity contribution in [1.82, 2.24) is 4.98 Å². The van der Waals surface area contributed by atoms with Crippen molar-refractivity contribution in [3.63, 3.8) is 0 Å². The van der Waals surface area contributed by atoms with E-state index in [1.54, 1.807) is 12.3 Å². The van der Waals surface area contributed by atoms with E-state index in [1.807, 2.05) is 0 Å². The Morgan fingerprint density at radius 3 is 2.70 bits per heavy atom. The monoisotopic (exact) mass is 268 g/mol. The van der Waals surface area contributed by atoms with Crippen molar-refractivity contribution in [3.05, 3.63) is 59.4 Å². The Balaban J connectivity index is 1.69. The van der Waals surface area contributed by atoms with E-state index >= 15 is 0 Å². The van der Waals surface area contributed by atoms with Gasteiger partial charge in [0.1, 0.15) is 5.69 Å². The van der Waals surface area contributed by atoms with Gasteiger partial charge < -0.3 is 10.4 Å². The van der Waals surface area contributed by atoms with E-state index in [4.69, 9.17) is 5.11 Å². The number of rotatable bonds is 3.